The third kappa shape index (κ3) is 10.7. The Bertz CT molecular complexity index is 1950. The van der Waals surface area contributed by atoms with Crippen molar-refractivity contribution in [3.63, 3.8) is 0 Å². The molecule has 9 nitrogen and oxygen atoms in total. The van der Waals surface area contributed by atoms with Crippen molar-refractivity contribution < 1.29 is 32.5 Å². The number of hydrogen-bond acceptors (Lipinski definition) is 8. The van der Waals surface area contributed by atoms with E-state index in [1.54, 1.807) is 30.3 Å². The number of aliphatic hydroxyl groups excluding tert-OH is 1. The van der Waals surface area contributed by atoms with Crippen LogP contribution < -0.4 is 19.5 Å². The lowest BCUT2D eigenvalue weighted by Crippen LogP contribution is -2.26. The number of esters is 1. The Hall–Kier alpha value is -5.16. The zero-order chi connectivity index (χ0) is 35.3. The average Bonchev–Trinajstić information content (AvgIpc) is 3.13. The van der Waals surface area contributed by atoms with Crippen molar-refractivity contribution in [1.82, 2.24) is 5.32 Å². The zero-order valence-electron chi connectivity index (χ0n) is 28.2. The number of carbonyl (C=O) groups is 1. The van der Waals surface area contributed by atoms with Gasteiger partial charge in [-0.05, 0) is 76.2 Å². The molecule has 10 heteroatoms. The highest BCUT2D eigenvalue weighted by atomic mass is 32.2. The fourth-order valence-electron chi connectivity index (χ4n) is 5.27. The molecule has 50 heavy (non-hydrogen) atoms. The lowest BCUT2D eigenvalue weighted by atomic mass is 10.00. The number of hydrogen-bond donors (Lipinski definition) is 3. The van der Waals surface area contributed by atoms with Crippen LogP contribution in [0.5, 0.6) is 11.5 Å². The summed E-state index contributed by atoms with van der Waals surface area (Å²) >= 11 is 0. The van der Waals surface area contributed by atoms with Crippen LogP contribution >= 0.6 is 0 Å². The third-order valence-corrected chi connectivity index (χ3v) is 8.49. The number of rotatable bonds is 17. The highest BCUT2D eigenvalue weighted by Gasteiger charge is 2.15. The number of carbonyl (C=O) groups excluding carboxylic acids is 1. The first kappa shape index (κ1) is 36.1. The van der Waals surface area contributed by atoms with Crippen LogP contribution in [0, 0.1) is 0 Å². The summed E-state index contributed by atoms with van der Waals surface area (Å²) < 4.78 is 44.0. The van der Waals surface area contributed by atoms with E-state index < -0.39 is 16.1 Å². The fraction of sp³-hybridized carbons (Fsp3) is 0.225. The van der Waals surface area contributed by atoms with E-state index in [-0.39, 0.29) is 31.4 Å². The first-order chi connectivity index (χ1) is 24.2. The van der Waals surface area contributed by atoms with Crippen LogP contribution in [0.15, 0.2) is 121 Å². The average molecular weight is 695 g/mol. The van der Waals surface area contributed by atoms with Crippen molar-refractivity contribution >= 4 is 21.7 Å². The van der Waals surface area contributed by atoms with Gasteiger partial charge < -0.3 is 24.6 Å². The number of sulfonamides is 1. The van der Waals surface area contributed by atoms with Gasteiger partial charge in [-0.2, -0.15) is 0 Å². The molecule has 0 aromatic heterocycles. The van der Waals surface area contributed by atoms with Gasteiger partial charge in [0.15, 0.2) is 0 Å². The number of aliphatic hydroxyl groups is 1. The summed E-state index contributed by atoms with van der Waals surface area (Å²) in [5.41, 5.74) is 6.22. The maximum absolute atomic E-state index is 12.5. The van der Waals surface area contributed by atoms with Gasteiger partial charge in [0.05, 0.1) is 23.6 Å². The number of ether oxygens (including phenoxy) is 3. The van der Waals surface area contributed by atoms with Crippen molar-refractivity contribution in [3.8, 4) is 22.6 Å². The van der Waals surface area contributed by atoms with E-state index in [2.05, 4.69) is 23.0 Å². The molecule has 0 radical (unpaired) electrons. The van der Waals surface area contributed by atoms with Crippen molar-refractivity contribution in [3.05, 3.63) is 149 Å². The van der Waals surface area contributed by atoms with E-state index in [9.17, 15) is 18.3 Å². The molecule has 0 fully saturated rings. The largest absolute Gasteiger partial charge is 0.492 e. The molecule has 5 aromatic carbocycles. The molecule has 0 saturated heterocycles. The zero-order valence-corrected chi connectivity index (χ0v) is 29.0. The molecule has 0 saturated carbocycles. The second kappa shape index (κ2) is 17.5. The second-order valence-electron chi connectivity index (χ2n) is 11.8. The minimum Gasteiger partial charge on any atom is -0.492 e. The first-order valence-corrected chi connectivity index (χ1v) is 18.3. The minimum absolute atomic E-state index is 0.226. The van der Waals surface area contributed by atoms with Gasteiger partial charge >= 0.3 is 5.97 Å². The van der Waals surface area contributed by atoms with Gasteiger partial charge in [-0.1, -0.05) is 91.9 Å². The molecular weight excluding hydrogens is 653 g/mol. The predicted molar refractivity (Wildman–Crippen MR) is 196 cm³/mol. The molecule has 5 aromatic rings. The van der Waals surface area contributed by atoms with Crippen molar-refractivity contribution in [2.45, 2.75) is 32.7 Å². The van der Waals surface area contributed by atoms with E-state index >= 15 is 0 Å². The Morgan fingerprint density at radius 1 is 0.760 bits per heavy atom. The topological polar surface area (TPSA) is 123 Å². The van der Waals surface area contributed by atoms with Crippen LogP contribution in [-0.4, -0.2) is 45.4 Å². The third-order valence-electron chi connectivity index (χ3n) is 7.90. The lowest BCUT2D eigenvalue weighted by molar-refractivity contribution is 0.0472. The molecule has 260 valence electrons. The van der Waals surface area contributed by atoms with E-state index in [4.69, 9.17) is 14.2 Å². The van der Waals surface area contributed by atoms with Gasteiger partial charge in [0, 0.05) is 13.1 Å². The summed E-state index contributed by atoms with van der Waals surface area (Å²) in [6.07, 6.45) is 0.955. The molecule has 0 heterocycles. The molecule has 0 aliphatic rings. The smallest absolute Gasteiger partial charge is 0.338 e. The summed E-state index contributed by atoms with van der Waals surface area (Å²) in [7, 11) is -3.58. The number of nitrogens with one attached hydrogen (secondary N) is 2. The quantitative estimate of drug-likeness (QED) is 0.0708. The summed E-state index contributed by atoms with van der Waals surface area (Å²) in [4.78, 5) is 12.5. The Morgan fingerprint density at radius 2 is 1.40 bits per heavy atom. The minimum atomic E-state index is -3.58. The van der Waals surface area contributed by atoms with Crippen molar-refractivity contribution in [2.75, 3.05) is 30.7 Å². The fourth-order valence-corrected chi connectivity index (χ4v) is 5.83. The Morgan fingerprint density at radius 3 is 2.06 bits per heavy atom. The predicted octanol–water partition coefficient (Wildman–Crippen LogP) is 6.93. The Labute approximate surface area is 293 Å². The molecule has 5 rings (SSSR count). The van der Waals surface area contributed by atoms with Gasteiger partial charge in [-0.3, -0.25) is 4.72 Å². The van der Waals surface area contributed by atoms with E-state index in [0.717, 1.165) is 46.2 Å². The summed E-state index contributed by atoms with van der Waals surface area (Å²) in [5.74, 6) is 0.781. The molecule has 0 bridgehead atoms. The number of anilines is 1. The van der Waals surface area contributed by atoms with Crippen LogP contribution in [0.3, 0.4) is 0 Å². The molecule has 1 atom stereocenters. The molecule has 3 N–H and O–H groups in total. The van der Waals surface area contributed by atoms with Crippen molar-refractivity contribution in [2.24, 2.45) is 0 Å². The molecule has 0 spiro atoms. The van der Waals surface area contributed by atoms with E-state index in [0.29, 0.717) is 30.0 Å². The number of aryl methyl sites for hydroxylation is 1. The molecule has 0 amide bonds. The van der Waals surface area contributed by atoms with Gasteiger partial charge in [0.1, 0.15) is 31.3 Å². The summed E-state index contributed by atoms with van der Waals surface area (Å²) in [5, 5.41) is 14.1. The van der Waals surface area contributed by atoms with E-state index in [1.165, 1.54) is 0 Å². The molecule has 0 aliphatic heterocycles. The Balaban J connectivity index is 1.11. The van der Waals surface area contributed by atoms with E-state index in [1.807, 2.05) is 84.9 Å². The van der Waals surface area contributed by atoms with Crippen LogP contribution in [0.1, 0.15) is 45.6 Å². The SMILES string of the molecule is CCc1cc(-c2ccc(C(=O)OCc3ccccc3)cc2)ccc1OCCNC[C@@H](O)c1ccc(OCc2ccccc2)c(NS(C)(=O)=O)c1. The monoisotopic (exact) mass is 694 g/mol. The second-order valence-corrected chi connectivity index (χ2v) is 13.5. The van der Waals surface area contributed by atoms with Gasteiger partial charge in [0.2, 0.25) is 10.0 Å². The van der Waals surface area contributed by atoms with Gasteiger partial charge in [-0.25, -0.2) is 13.2 Å². The summed E-state index contributed by atoms with van der Waals surface area (Å²) in [6, 6.07) is 37.5. The highest BCUT2D eigenvalue weighted by Crippen LogP contribution is 2.30. The van der Waals surface area contributed by atoms with Crippen LogP contribution in [0.25, 0.3) is 11.1 Å². The maximum Gasteiger partial charge on any atom is 0.338 e. The van der Waals surface area contributed by atoms with Crippen molar-refractivity contribution in [1.29, 1.82) is 0 Å². The van der Waals surface area contributed by atoms with Gasteiger partial charge in [-0.15, -0.1) is 0 Å². The number of benzene rings is 5. The van der Waals surface area contributed by atoms with Crippen LogP contribution in [0.4, 0.5) is 5.69 Å². The standard InChI is InChI=1S/C40H42N2O7S/c1-3-31-24-34(32-14-16-33(17-15-32)40(44)49-28-30-12-8-5-9-13-30)18-20-38(31)47-23-22-41-26-37(43)35-19-21-39(36(25-35)42-50(2,45)46)48-27-29-10-6-4-7-11-29/h4-21,24-25,37,41-43H,3,22-23,26-28H2,1-2H3/t37-/m1/s1. The summed E-state index contributed by atoms with van der Waals surface area (Å²) in [6.45, 7) is 3.66. The normalized spacial score (nSPS) is 11.8. The molecule has 0 aliphatic carbocycles. The molecular formula is C40H42N2O7S. The Kier molecular flexibility index (Phi) is 12.6. The first-order valence-electron chi connectivity index (χ1n) is 16.4. The van der Waals surface area contributed by atoms with Crippen LogP contribution in [0.2, 0.25) is 0 Å². The lowest BCUT2D eigenvalue weighted by Gasteiger charge is -2.17. The maximum atomic E-state index is 12.5. The highest BCUT2D eigenvalue weighted by molar-refractivity contribution is 7.92. The molecule has 0 unspecified atom stereocenters. The van der Waals surface area contributed by atoms with Crippen LogP contribution in [-0.2, 0) is 34.4 Å². The van der Waals surface area contributed by atoms with Gasteiger partial charge in [0.25, 0.3) is 0 Å².